The van der Waals surface area contributed by atoms with Crippen molar-refractivity contribution in [3.8, 4) is 11.5 Å². The van der Waals surface area contributed by atoms with Gasteiger partial charge in [-0.2, -0.15) is 0 Å². The van der Waals surface area contributed by atoms with E-state index < -0.39 is 67.0 Å². The molecule has 0 saturated heterocycles. The Morgan fingerprint density at radius 1 is 0.771 bits per heavy atom. The standard InChI is InChI=1S/C9H4F2N2O4.C9H5F2NO2.HNO3/c10-3-1-4(11)6-5(2-3)12-9(15)7(8(6)14)13(16)17;10-4-1-5(11)9-6(2-4)12-8(14)3-7(9)13;2-1(3)4/h1-2H,(H2,12,14,15);1-3H,(H2,12,13,14);(H,2,3,4). The fourth-order valence-corrected chi connectivity index (χ4v) is 2.79. The number of benzene rings is 2. The third-order valence-corrected chi connectivity index (χ3v) is 4.00. The topological polar surface area (TPSA) is 213 Å². The quantitative estimate of drug-likeness (QED) is 0.147. The van der Waals surface area contributed by atoms with E-state index in [1.807, 2.05) is 4.98 Å². The third-order valence-electron chi connectivity index (χ3n) is 4.00. The number of rotatable bonds is 1. The number of aromatic nitrogens is 2. The van der Waals surface area contributed by atoms with Crippen molar-refractivity contribution in [2.24, 2.45) is 0 Å². The van der Waals surface area contributed by atoms with E-state index in [0.29, 0.717) is 12.1 Å². The summed E-state index contributed by atoms with van der Waals surface area (Å²) >= 11 is 0. The third kappa shape index (κ3) is 5.97. The minimum absolute atomic E-state index is 0.0625. The van der Waals surface area contributed by atoms with E-state index in [4.69, 9.17) is 15.3 Å². The zero-order valence-corrected chi connectivity index (χ0v) is 16.6. The van der Waals surface area contributed by atoms with Gasteiger partial charge in [-0.15, -0.1) is 10.1 Å². The van der Waals surface area contributed by atoms with E-state index in [1.54, 1.807) is 0 Å². The molecule has 13 nitrogen and oxygen atoms in total. The van der Waals surface area contributed by atoms with Gasteiger partial charge in [-0.05, 0) is 12.1 Å². The van der Waals surface area contributed by atoms with Crippen LogP contribution in [-0.2, 0) is 0 Å². The van der Waals surface area contributed by atoms with Crippen molar-refractivity contribution in [1.82, 2.24) is 9.97 Å². The Hall–Kier alpha value is -5.22. The Balaban J connectivity index is 0.000000217. The van der Waals surface area contributed by atoms with Crippen molar-refractivity contribution in [3.63, 3.8) is 0 Å². The summed E-state index contributed by atoms with van der Waals surface area (Å²) in [6.45, 7) is 0. The number of aromatic hydroxyl groups is 2. The molecule has 0 radical (unpaired) electrons. The van der Waals surface area contributed by atoms with Crippen LogP contribution < -0.4 is 11.1 Å². The van der Waals surface area contributed by atoms with Crippen LogP contribution in [0.1, 0.15) is 0 Å². The van der Waals surface area contributed by atoms with E-state index in [9.17, 15) is 47.5 Å². The number of halogens is 4. The van der Waals surface area contributed by atoms with Crippen LogP contribution in [0.15, 0.2) is 39.9 Å². The van der Waals surface area contributed by atoms with Crippen LogP contribution >= 0.6 is 0 Å². The normalized spacial score (nSPS) is 10.2. The lowest BCUT2D eigenvalue weighted by Gasteiger charge is -2.03. The summed E-state index contributed by atoms with van der Waals surface area (Å²) in [5, 5.41) is 42.0. The summed E-state index contributed by atoms with van der Waals surface area (Å²) in [6.07, 6.45) is 0. The second-order valence-corrected chi connectivity index (χ2v) is 6.29. The highest BCUT2D eigenvalue weighted by Gasteiger charge is 2.24. The van der Waals surface area contributed by atoms with Gasteiger partial charge >= 0.3 is 11.2 Å². The highest BCUT2D eigenvalue weighted by atomic mass is 19.1. The molecule has 0 aliphatic carbocycles. The molecule has 0 spiro atoms. The molecule has 4 rings (SSSR count). The molecule has 0 amide bonds. The van der Waals surface area contributed by atoms with Crippen molar-refractivity contribution >= 4 is 27.5 Å². The Morgan fingerprint density at radius 3 is 1.71 bits per heavy atom. The van der Waals surface area contributed by atoms with Gasteiger partial charge < -0.3 is 25.4 Å². The number of hydrogen-bond acceptors (Lipinski definition) is 8. The molecule has 0 saturated carbocycles. The zero-order valence-electron chi connectivity index (χ0n) is 16.6. The molecule has 0 bridgehead atoms. The molecule has 4 aromatic rings. The largest absolute Gasteiger partial charge is 0.507 e. The highest BCUT2D eigenvalue weighted by Crippen LogP contribution is 2.32. The molecule has 35 heavy (non-hydrogen) atoms. The zero-order chi connectivity index (χ0) is 26.6. The number of nitro groups is 1. The highest BCUT2D eigenvalue weighted by molar-refractivity contribution is 5.88. The molecule has 0 aliphatic rings. The summed E-state index contributed by atoms with van der Waals surface area (Å²) in [6, 6.07) is 3.62. The van der Waals surface area contributed by atoms with Crippen LogP contribution in [0.5, 0.6) is 11.5 Å². The van der Waals surface area contributed by atoms with Crippen molar-refractivity contribution < 1.29 is 43.0 Å². The van der Waals surface area contributed by atoms with Crippen LogP contribution in [0.2, 0.25) is 0 Å². The van der Waals surface area contributed by atoms with E-state index >= 15 is 0 Å². The average molecular weight is 502 g/mol. The fraction of sp³-hybridized carbons (Fsp3) is 0. The molecule has 184 valence electrons. The van der Waals surface area contributed by atoms with Crippen LogP contribution in [0.3, 0.4) is 0 Å². The molecule has 0 aliphatic heterocycles. The van der Waals surface area contributed by atoms with Gasteiger partial charge in [0.15, 0.2) is 0 Å². The first-order chi connectivity index (χ1) is 16.2. The molecular weight excluding hydrogens is 492 g/mol. The van der Waals surface area contributed by atoms with E-state index in [1.165, 1.54) is 0 Å². The predicted octanol–water partition coefficient (Wildman–Crippen LogP) is 2.58. The van der Waals surface area contributed by atoms with Crippen LogP contribution in [0, 0.1) is 43.5 Å². The first kappa shape index (κ1) is 26.0. The number of pyridine rings is 2. The van der Waals surface area contributed by atoms with Gasteiger partial charge in [0.1, 0.15) is 29.0 Å². The van der Waals surface area contributed by atoms with Crippen molar-refractivity contribution in [2.45, 2.75) is 0 Å². The number of nitrogens with one attached hydrogen (secondary N) is 2. The SMILES string of the molecule is O=[N+]([O-])O.O=c1[nH]c2cc(F)cc(F)c2c(O)c1[N+](=O)[O-].O=c1cc(O)c2c(F)cc(F)cc2[nH]1. The molecule has 5 N–H and O–H groups in total. The monoisotopic (exact) mass is 502 g/mol. The maximum Gasteiger partial charge on any atom is 0.375 e. The molecule has 2 aromatic carbocycles. The number of fused-ring (bicyclic) bond motifs is 2. The van der Waals surface area contributed by atoms with Gasteiger partial charge in [-0.25, -0.2) is 17.6 Å². The van der Waals surface area contributed by atoms with Gasteiger partial charge in [0.05, 0.1) is 26.7 Å². The predicted molar refractivity (Wildman–Crippen MR) is 108 cm³/mol. The minimum atomic E-state index is -1.50. The minimum Gasteiger partial charge on any atom is -0.507 e. The van der Waals surface area contributed by atoms with Crippen LogP contribution in [0.4, 0.5) is 23.2 Å². The van der Waals surface area contributed by atoms with Crippen LogP contribution in [0.25, 0.3) is 21.8 Å². The van der Waals surface area contributed by atoms with Crippen molar-refractivity contribution in [1.29, 1.82) is 0 Å². The number of H-pyrrole nitrogens is 2. The first-order valence-corrected chi connectivity index (χ1v) is 8.65. The average Bonchev–Trinajstić information content (AvgIpc) is 2.65. The van der Waals surface area contributed by atoms with Gasteiger partial charge in [-0.1, -0.05) is 0 Å². The lowest BCUT2D eigenvalue weighted by atomic mass is 10.1. The molecule has 0 unspecified atom stereocenters. The second-order valence-electron chi connectivity index (χ2n) is 6.29. The lowest BCUT2D eigenvalue weighted by Crippen LogP contribution is -2.12. The Bertz CT molecular complexity index is 1580. The second kappa shape index (κ2) is 10.1. The van der Waals surface area contributed by atoms with Crippen LogP contribution in [-0.4, -0.2) is 35.4 Å². The maximum atomic E-state index is 13.3. The molecular formula is C18H10F4N4O9. The first-order valence-electron chi connectivity index (χ1n) is 8.65. The van der Waals surface area contributed by atoms with E-state index in [2.05, 4.69) is 4.98 Å². The lowest BCUT2D eigenvalue weighted by molar-refractivity contribution is -0.742. The van der Waals surface area contributed by atoms with Gasteiger partial charge in [0, 0.05) is 18.2 Å². The summed E-state index contributed by atoms with van der Waals surface area (Å²) < 4.78 is 52.0. The molecule has 2 aromatic heterocycles. The number of hydrogen-bond donors (Lipinski definition) is 5. The molecule has 2 heterocycles. The van der Waals surface area contributed by atoms with Crippen molar-refractivity contribution in [2.75, 3.05) is 0 Å². The number of aromatic amines is 2. The summed E-state index contributed by atoms with van der Waals surface area (Å²) in [7, 11) is 0. The molecule has 17 heteroatoms. The maximum absolute atomic E-state index is 13.3. The Kier molecular flexibility index (Phi) is 7.55. The number of nitrogens with zero attached hydrogens (tertiary/aromatic N) is 2. The van der Waals surface area contributed by atoms with Gasteiger partial charge in [0.2, 0.25) is 5.75 Å². The molecule has 0 atom stereocenters. The smallest absolute Gasteiger partial charge is 0.375 e. The van der Waals surface area contributed by atoms with E-state index in [0.717, 1.165) is 18.2 Å². The Morgan fingerprint density at radius 2 is 1.23 bits per heavy atom. The van der Waals surface area contributed by atoms with Crippen molar-refractivity contribution in [3.05, 3.63) is 94.5 Å². The van der Waals surface area contributed by atoms with E-state index in [-0.39, 0.29) is 16.4 Å². The summed E-state index contributed by atoms with van der Waals surface area (Å²) in [4.78, 5) is 43.9. The molecule has 0 fully saturated rings. The summed E-state index contributed by atoms with van der Waals surface area (Å²) in [5.41, 5.74) is -3.43. The Labute approximate surface area is 187 Å². The van der Waals surface area contributed by atoms with Gasteiger partial charge in [0.25, 0.3) is 10.6 Å². The van der Waals surface area contributed by atoms with Gasteiger partial charge in [-0.3, -0.25) is 19.7 Å². The summed E-state index contributed by atoms with van der Waals surface area (Å²) in [5.74, 6) is -5.51. The fourth-order valence-electron chi connectivity index (χ4n) is 2.79.